The molecule has 48 heavy (non-hydrogen) atoms. The van der Waals surface area contributed by atoms with Crippen LogP contribution < -0.4 is 5.32 Å². The number of nitrogens with one attached hydrogen (secondary N) is 1. The summed E-state index contributed by atoms with van der Waals surface area (Å²) in [4.78, 5) is 23.7. The SMILES string of the molecule is O=C(CCNc1ccc(CO)cc1)OCC1c2ccccc2-c2ccccc21.O=C(CCO)OCC1c2ccccc2-c2ccccc21. The lowest BCUT2D eigenvalue weighted by Gasteiger charge is -2.14. The molecule has 5 aromatic carbocycles. The fourth-order valence-electron chi connectivity index (χ4n) is 6.50. The molecule has 0 radical (unpaired) electrons. The average Bonchev–Trinajstić information content (AvgIpc) is 3.63. The van der Waals surface area contributed by atoms with E-state index < -0.39 is 0 Å². The average molecular weight is 642 g/mol. The van der Waals surface area contributed by atoms with E-state index in [0.29, 0.717) is 26.2 Å². The van der Waals surface area contributed by atoms with Crippen LogP contribution in [0.3, 0.4) is 0 Å². The highest BCUT2D eigenvalue weighted by Crippen LogP contribution is 2.45. The maximum Gasteiger partial charge on any atom is 0.308 e. The maximum absolute atomic E-state index is 12.2. The molecule has 5 aromatic rings. The van der Waals surface area contributed by atoms with Crippen LogP contribution >= 0.6 is 0 Å². The van der Waals surface area contributed by atoms with Crippen molar-refractivity contribution in [2.75, 3.05) is 31.7 Å². The first-order valence-corrected chi connectivity index (χ1v) is 16.3. The Morgan fingerprint density at radius 1 is 0.542 bits per heavy atom. The third kappa shape index (κ3) is 7.33. The zero-order valence-electron chi connectivity index (χ0n) is 26.7. The summed E-state index contributed by atoms with van der Waals surface area (Å²) in [5, 5.41) is 21.0. The van der Waals surface area contributed by atoms with E-state index in [1.807, 2.05) is 72.8 Å². The molecule has 244 valence electrons. The highest BCUT2D eigenvalue weighted by Gasteiger charge is 2.30. The molecule has 7 nitrogen and oxygen atoms in total. The number of carbonyl (C=O) groups excluding carboxylic acids is 2. The number of carbonyl (C=O) groups is 2. The van der Waals surface area contributed by atoms with Crippen molar-refractivity contribution in [2.24, 2.45) is 0 Å². The van der Waals surface area contributed by atoms with E-state index in [0.717, 1.165) is 11.3 Å². The minimum atomic E-state index is -0.352. The second-order valence-electron chi connectivity index (χ2n) is 11.8. The highest BCUT2D eigenvalue weighted by atomic mass is 16.5. The fraction of sp³-hybridized carbons (Fsp3) is 0.220. The number of anilines is 1. The molecule has 0 fully saturated rings. The van der Waals surface area contributed by atoms with E-state index >= 15 is 0 Å². The topological polar surface area (TPSA) is 105 Å². The van der Waals surface area contributed by atoms with Crippen LogP contribution in [0.25, 0.3) is 22.3 Å². The smallest absolute Gasteiger partial charge is 0.308 e. The van der Waals surface area contributed by atoms with Crippen LogP contribution in [0.4, 0.5) is 5.69 Å². The van der Waals surface area contributed by atoms with Gasteiger partial charge >= 0.3 is 11.9 Å². The van der Waals surface area contributed by atoms with Gasteiger partial charge in [0.05, 0.1) is 26.1 Å². The summed E-state index contributed by atoms with van der Waals surface area (Å²) in [5.74, 6) is -0.379. The lowest BCUT2D eigenvalue weighted by Crippen LogP contribution is -2.15. The largest absolute Gasteiger partial charge is 0.465 e. The fourth-order valence-corrected chi connectivity index (χ4v) is 6.50. The minimum absolute atomic E-state index is 0.0278. The van der Waals surface area contributed by atoms with Crippen molar-refractivity contribution in [3.8, 4) is 22.3 Å². The minimum Gasteiger partial charge on any atom is -0.465 e. The van der Waals surface area contributed by atoms with Gasteiger partial charge in [-0.25, -0.2) is 0 Å². The first kappa shape index (κ1) is 32.7. The van der Waals surface area contributed by atoms with E-state index in [4.69, 9.17) is 19.7 Å². The van der Waals surface area contributed by atoms with Gasteiger partial charge < -0.3 is 25.0 Å². The number of benzene rings is 5. The summed E-state index contributed by atoms with van der Waals surface area (Å²) in [6.45, 7) is 1.05. The van der Waals surface area contributed by atoms with Crippen molar-refractivity contribution in [2.45, 2.75) is 31.3 Å². The van der Waals surface area contributed by atoms with Gasteiger partial charge in [-0.15, -0.1) is 0 Å². The molecule has 0 atom stereocenters. The molecule has 0 heterocycles. The highest BCUT2D eigenvalue weighted by molar-refractivity contribution is 5.80. The normalized spacial score (nSPS) is 12.5. The first-order chi connectivity index (χ1) is 23.6. The van der Waals surface area contributed by atoms with E-state index in [1.165, 1.54) is 44.5 Å². The van der Waals surface area contributed by atoms with Gasteiger partial charge in [0.1, 0.15) is 13.2 Å². The van der Waals surface area contributed by atoms with Gasteiger partial charge in [0.2, 0.25) is 0 Å². The summed E-state index contributed by atoms with van der Waals surface area (Å²) in [7, 11) is 0. The molecule has 2 aliphatic rings. The van der Waals surface area contributed by atoms with Crippen molar-refractivity contribution in [1.29, 1.82) is 0 Å². The third-order valence-electron chi connectivity index (χ3n) is 8.86. The summed E-state index contributed by atoms with van der Waals surface area (Å²) in [6, 6.07) is 40.6. The first-order valence-electron chi connectivity index (χ1n) is 16.3. The summed E-state index contributed by atoms with van der Waals surface area (Å²) in [5.41, 5.74) is 11.5. The van der Waals surface area contributed by atoms with Crippen LogP contribution in [0.1, 0.15) is 52.5 Å². The molecular weight excluding hydrogens is 602 g/mol. The monoisotopic (exact) mass is 641 g/mol. The number of aliphatic hydroxyl groups is 2. The molecular formula is C41H39NO6. The number of hydrogen-bond donors (Lipinski definition) is 3. The zero-order valence-corrected chi connectivity index (χ0v) is 26.7. The van der Waals surface area contributed by atoms with Crippen molar-refractivity contribution < 1.29 is 29.3 Å². The summed E-state index contributed by atoms with van der Waals surface area (Å²) < 4.78 is 10.9. The van der Waals surface area contributed by atoms with Crippen molar-refractivity contribution in [1.82, 2.24) is 0 Å². The van der Waals surface area contributed by atoms with Crippen molar-refractivity contribution >= 4 is 17.6 Å². The lowest BCUT2D eigenvalue weighted by molar-refractivity contribution is -0.145. The Morgan fingerprint density at radius 3 is 1.33 bits per heavy atom. The lowest BCUT2D eigenvalue weighted by atomic mass is 9.98. The van der Waals surface area contributed by atoms with E-state index in [-0.39, 0.29) is 43.4 Å². The second-order valence-corrected chi connectivity index (χ2v) is 11.8. The van der Waals surface area contributed by atoms with Gasteiger partial charge in [-0.3, -0.25) is 9.59 Å². The van der Waals surface area contributed by atoms with Crippen LogP contribution in [-0.4, -0.2) is 48.5 Å². The molecule has 0 bridgehead atoms. The van der Waals surface area contributed by atoms with Crippen LogP contribution in [0.5, 0.6) is 0 Å². The summed E-state index contributed by atoms with van der Waals surface area (Å²) in [6.07, 6.45) is 0.355. The number of aliphatic hydroxyl groups excluding tert-OH is 2. The molecule has 0 amide bonds. The van der Waals surface area contributed by atoms with Gasteiger partial charge in [0.25, 0.3) is 0 Å². The predicted molar refractivity (Wildman–Crippen MR) is 187 cm³/mol. The third-order valence-corrected chi connectivity index (χ3v) is 8.86. The Hall–Kier alpha value is -5.24. The van der Waals surface area contributed by atoms with Crippen LogP contribution in [0.15, 0.2) is 121 Å². The number of esters is 2. The molecule has 0 spiro atoms. The molecule has 2 aliphatic carbocycles. The molecule has 0 unspecified atom stereocenters. The van der Waals surface area contributed by atoms with Crippen molar-refractivity contribution in [3.63, 3.8) is 0 Å². The van der Waals surface area contributed by atoms with Gasteiger partial charge in [0, 0.05) is 24.1 Å². The Bertz CT molecular complexity index is 1780. The Kier molecular flexibility index (Phi) is 10.6. The van der Waals surface area contributed by atoms with Gasteiger partial charge in [-0.1, -0.05) is 109 Å². The standard InChI is InChI=1S/C24H23NO3.C17H16O3/c26-15-17-9-11-18(12-10-17)25-14-13-24(27)28-16-23-21-7-3-1-5-19(21)20-6-2-4-8-22(20)23;18-10-9-17(19)20-11-16-14-7-3-1-5-12(14)13-6-2-4-8-15(13)16/h1-12,23,25-26H,13-16H2;1-8,16,18H,9-11H2. The number of ether oxygens (including phenoxy) is 2. The van der Waals surface area contributed by atoms with Gasteiger partial charge in [-0.05, 0) is 62.2 Å². The van der Waals surface area contributed by atoms with Crippen LogP contribution in [0.2, 0.25) is 0 Å². The Labute approximate surface area is 280 Å². The van der Waals surface area contributed by atoms with Gasteiger partial charge in [0.15, 0.2) is 0 Å². The van der Waals surface area contributed by atoms with Crippen molar-refractivity contribution in [3.05, 3.63) is 149 Å². The zero-order chi connectivity index (χ0) is 33.3. The van der Waals surface area contributed by atoms with E-state index in [2.05, 4.69) is 53.8 Å². The number of rotatable bonds is 11. The molecule has 7 heteroatoms. The molecule has 7 rings (SSSR count). The van der Waals surface area contributed by atoms with Crippen LogP contribution in [-0.2, 0) is 25.7 Å². The quantitative estimate of drug-likeness (QED) is 0.133. The van der Waals surface area contributed by atoms with E-state index in [9.17, 15) is 9.59 Å². The predicted octanol–water partition coefficient (Wildman–Crippen LogP) is 7.06. The maximum atomic E-state index is 12.2. The second kappa shape index (κ2) is 15.6. The number of fused-ring (bicyclic) bond motifs is 6. The Morgan fingerprint density at radius 2 is 0.938 bits per heavy atom. The molecule has 3 N–H and O–H groups in total. The molecule has 0 saturated heterocycles. The Balaban J connectivity index is 0.000000177. The van der Waals surface area contributed by atoms with Crippen LogP contribution in [0, 0.1) is 0 Å². The molecule has 0 aromatic heterocycles. The molecule has 0 aliphatic heterocycles. The van der Waals surface area contributed by atoms with E-state index in [1.54, 1.807) is 0 Å². The summed E-state index contributed by atoms with van der Waals surface area (Å²) >= 11 is 0. The van der Waals surface area contributed by atoms with Gasteiger partial charge in [-0.2, -0.15) is 0 Å². The molecule has 0 saturated carbocycles. The number of hydrogen-bond acceptors (Lipinski definition) is 7.